The Morgan fingerprint density at radius 2 is 1.88 bits per heavy atom. The summed E-state index contributed by atoms with van der Waals surface area (Å²) in [6.07, 6.45) is 0. The van der Waals surface area contributed by atoms with Gasteiger partial charge in [0.1, 0.15) is 0 Å². The highest BCUT2D eigenvalue weighted by Gasteiger charge is 2.35. The van der Waals surface area contributed by atoms with E-state index in [0.717, 1.165) is 0 Å². The first-order valence-electron chi connectivity index (χ1n) is 5.42. The van der Waals surface area contributed by atoms with Crippen LogP contribution in [-0.2, 0) is 4.65 Å². The van der Waals surface area contributed by atoms with Gasteiger partial charge in [-0.3, -0.25) is 0 Å². The van der Waals surface area contributed by atoms with E-state index in [-0.39, 0.29) is 0 Å². The number of aliphatic hydroxyl groups is 1. The van der Waals surface area contributed by atoms with Crippen molar-refractivity contribution in [2.24, 2.45) is 0 Å². The number of hydrogen-bond acceptors (Lipinski definition) is 3. The van der Waals surface area contributed by atoms with Crippen LogP contribution >= 0.6 is 11.6 Å². The van der Waals surface area contributed by atoms with Gasteiger partial charge in [0, 0.05) is 10.7 Å². The van der Waals surface area contributed by atoms with Crippen LogP contribution in [0, 0.1) is 0 Å². The van der Waals surface area contributed by atoms with Crippen molar-refractivity contribution >= 4 is 30.2 Å². The quantitative estimate of drug-likeness (QED) is 0.636. The van der Waals surface area contributed by atoms with E-state index in [1.165, 1.54) is 7.48 Å². The molecule has 0 unspecified atom stereocenters. The van der Waals surface area contributed by atoms with Crippen LogP contribution in [0.4, 0.5) is 5.69 Å². The maximum Gasteiger partial charge on any atom is 0.333 e. The monoisotopic (exact) mass is 254 g/mol. The first-order chi connectivity index (χ1) is 7.63. The molecule has 1 aromatic rings. The molecule has 0 aliphatic carbocycles. The highest BCUT2D eigenvalue weighted by Crippen LogP contribution is 2.24. The van der Waals surface area contributed by atoms with Crippen LogP contribution in [0.15, 0.2) is 18.2 Å². The van der Waals surface area contributed by atoms with Crippen LogP contribution in [0.1, 0.15) is 27.7 Å². The first kappa shape index (κ1) is 14.4. The fraction of sp³-hybridized carbons (Fsp3) is 0.500. The standard InChI is InChI=1S/C12H18BClNO2/c1-11(2,16)12(3,4)17-13-9-7-8(14)5-6-10(9)15/h5-7,16H,15H2,1-4H3. The third-order valence-electron chi connectivity index (χ3n) is 3.00. The Bertz CT molecular complexity index is 402. The lowest BCUT2D eigenvalue weighted by Crippen LogP contribution is -2.49. The van der Waals surface area contributed by atoms with Gasteiger partial charge in [0.2, 0.25) is 0 Å². The van der Waals surface area contributed by atoms with Crippen LogP contribution in [0.2, 0.25) is 5.02 Å². The van der Waals surface area contributed by atoms with Gasteiger partial charge in [0.25, 0.3) is 0 Å². The molecule has 0 heterocycles. The van der Waals surface area contributed by atoms with Crippen molar-refractivity contribution in [1.29, 1.82) is 0 Å². The Morgan fingerprint density at radius 3 is 2.41 bits per heavy atom. The normalized spacial score (nSPS) is 12.6. The topological polar surface area (TPSA) is 55.5 Å². The predicted molar refractivity (Wildman–Crippen MR) is 72.7 cm³/mol. The molecule has 3 nitrogen and oxygen atoms in total. The molecule has 0 atom stereocenters. The van der Waals surface area contributed by atoms with Crippen LogP contribution < -0.4 is 11.2 Å². The molecular weight excluding hydrogens is 236 g/mol. The fourth-order valence-corrected chi connectivity index (χ4v) is 1.18. The van der Waals surface area contributed by atoms with Gasteiger partial charge < -0.3 is 15.5 Å². The van der Waals surface area contributed by atoms with Gasteiger partial charge in [-0.05, 0) is 51.4 Å². The fourth-order valence-electron chi connectivity index (χ4n) is 1.00. The van der Waals surface area contributed by atoms with Gasteiger partial charge in [-0.15, -0.1) is 0 Å². The molecule has 0 fully saturated rings. The van der Waals surface area contributed by atoms with Gasteiger partial charge in [-0.1, -0.05) is 11.6 Å². The van der Waals surface area contributed by atoms with Crippen molar-refractivity contribution in [2.45, 2.75) is 38.9 Å². The molecule has 1 aromatic carbocycles. The average molecular weight is 255 g/mol. The zero-order valence-corrected chi connectivity index (χ0v) is 11.4. The van der Waals surface area contributed by atoms with Crippen LogP contribution in [0.5, 0.6) is 0 Å². The summed E-state index contributed by atoms with van der Waals surface area (Å²) in [5, 5.41) is 10.5. The minimum absolute atomic E-state index is 0.584. The average Bonchev–Trinajstić information content (AvgIpc) is 2.18. The Hall–Kier alpha value is -0.705. The number of anilines is 1. The van der Waals surface area contributed by atoms with Gasteiger partial charge in [0.15, 0.2) is 0 Å². The zero-order chi connectivity index (χ0) is 13.3. The van der Waals surface area contributed by atoms with Crippen molar-refractivity contribution < 1.29 is 9.76 Å². The van der Waals surface area contributed by atoms with Crippen molar-refractivity contribution in [2.75, 3.05) is 5.73 Å². The molecule has 0 saturated carbocycles. The summed E-state index contributed by atoms with van der Waals surface area (Å²) < 4.78 is 5.60. The lowest BCUT2D eigenvalue weighted by Gasteiger charge is -2.37. The van der Waals surface area contributed by atoms with E-state index in [1.54, 1.807) is 32.0 Å². The molecule has 93 valence electrons. The van der Waals surface area contributed by atoms with Crippen LogP contribution in [-0.4, -0.2) is 23.8 Å². The Morgan fingerprint density at radius 1 is 1.29 bits per heavy atom. The number of benzene rings is 1. The molecule has 0 aliphatic rings. The minimum Gasteiger partial charge on any atom is -0.427 e. The first-order valence-corrected chi connectivity index (χ1v) is 5.80. The van der Waals surface area contributed by atoms with E-state index >= 15 is 0 Å². The summed E-state index contributed by atoms with van der Waals surface area (Å²) in [7, 11) is 1.53. The highest BCUT2D eigenvalue weighted by molar-refractivity contribution is 6.50. The molecule has 0 saturated heterocycles. The van der Waals surface area contributed by atoms with Crippen LogP contribution in [0.25, 0.3) is 0 Å². The molecule has 0 aliphatic heterocycles. The van der Waals surface area contributed by atoms with Gasteiger partial charge >= 0.3 is 7.48 Å². The maximum atomic E-state index is 9.95. The number of halogens is 1. The third-order valence-corrected chi connectivity index (χ3v) is 3.24. The predicted octanol–water partition coefficient (Wildman–Crippen LogP) is 1.73. The van der Waals surface area contributed by atoms with Gasteiger partial charge in [-0.25, -0.2) is 0 Å². The van der Waals surface area contributed by atoms with E-state index in [1.807, 2.05) is 13.8 Å². The number of rotatable bonds is 4. The summed E-state index contributed by atoms with van der Waals surface area (Å²) in [6.45, 7) is 7.01. The lowest BCUT2D eigenvalue weighted by molar-refractivity contribution is -0.0893. The molecule has 0 amide bonds. The molecule has 5 heteroatoms. The number of nitrogen functional groups attached to an aromatic ring is 1. The molecule has 0 spiro atoms. The highest BCUT2D eigenvalue weighted by atomic mass is 35.5. The number of nitrogens with two attached hydrogens (primary N) is 1. The Balaban J connectivity index is 2.77. The summed E-state index contributed by atoms with van der Waals surface area (Å²) >= 11 is 5.88. The Kier molecular flexibility index (Phi) is 4.13. The molecular formula is C12H18BClNO2. The van der Waals surface area contributed by atoms with Crippen molar-refractivity contribution in [3.8, 4) is 0 Å². The third kappa shape index (κ3) is 3.63. The summed E-state index contributed by atoms with van der Waals surface area (Å²) in [6, 6.07) is 5.15. The summed E-state index contributed by atoms with van der Waals surface area (Å²) in [5.74, 6) is 0. The number of hydrogen-bond donors (Lipinski definition) is 2. The largest absolute Gasteiger partial charge is 0.427 e. The summed E-state index contributed by atoms with van der Waals surface area (Å²) in [4.78, 5) is 0. The molecule has 1 radical (unpaired) electrons. The van der Waals surface area contributed by atoms with Crippen molar-refractivity contribution in [3.05, 3.63) is 23.2 Å². The Labute approximate surface area is 108 Å². The van der Waals surface area contributed by atoms with Crippen molar-refractivity contribution in [1.82, 2.24) is 0 Å². The lowest BCUT2D eigenvalue weighted by atomic mass is 9.82. The zero-order valence-electron chi connectivity index (χ0n) is 10.6. The SMILES string of the molecule is CC(C)(O)C(C)(C)O[B]c1cc(Cl)ccc1N. The molecule has 1 rings (SSSR count). The van der Waals surface area contributed by atoms with Gasteiger partial charge in [-0.2, -0.15) is 0 Å². The van der Waals surface area contributed by atoms with Crippen molar-refractivity contribution in [3.63, 3.8) is 0 Å². The maximum absolute atomic E-state index is 9.95. The van der Waals surface area contributed by atoms with E-state index < -0.39 is 11.2 Å². The second-order valence-electron chi connectivity index (χ2n) is 5.08. The second-order valence-corrected chi connectivity index (χ2v) is 5.51. The summed E-state index contributed by atoms with van der Waals surface area (Å²) in [5.41, 5.74) is 5.40. The minimum atomic E-state index is -0.961. The van der Waals surface area contributed by atoms with E-state index in [0.29, 0.717) is 16.2 Å². The second kappa shape index (κ2) is 4.88. The van der Waals surface area contributed by atoms with E-state index in [9.17, 15) is 5.11 Å². The van der Waals surface area contributed by atoms with E-state index in [2.05, 4.69) is 0 Å². The van der Waals surface area contributed by atoms with Crippen LogP contribution in [0.3, 0.4) is 0 Å². The molecule has 3 N–H and O–H groups in total. The van der Waals surface area contributed by atoms with Gasteiger partial charge in [0.05, 0.1) is 11.2 Å². The smallest absolute Gasteiger partial charge is 0.333 e. The van der Waals surface area contributed by atoms with E-state index in [4.69, 9.17) is 22.0 Å². The molecule has 17 heavy (non-hydrogen) atoms. The molecule has 0 aromatic heterocycles. The molecule has 0 bridgehead atoms.